The zero-order valence-corrected chi connectivity index (χ0v) is 12.2. The Bertz CT molecular complexity index is 550. The van der Waals surface area contributed by atoms with Crippen LogP contribution in [0.5, 0.6) is 0 Å². The molecule has 1 heterocycles. The fraction of sp³-hybridized carbons (Fsp3) is 0.500. The van der Waals surface area contributed by atoms with Crippen LogP contribution in [-0.2, 0) is 6.42 Å². The highest BCUT2D eigenvalue weighted by Gasteiger charge is 2.10. The summed E-state index contributed by atoms with van der Waals surface area (Å²) in [6.07, 6.45) is 2.38. The third-order valence-electron chi connectivity index (χ3n) is 3.59. The van der Waals surface area contributed by atoms with Gasteiger partial charge in [0, 0.05) is 16.6 Å². The number of hydrogen-bond donors (Lipinski definition) is 1. The van der Waals surface area contributed by atoms with E-state index in [-0.39, 0.29) is 0 Å². The quantitative estimate of drug-likeness (QED) is 0.871. The van der Waals surface area contributed by atoms with Gasteiger partial charge < -0.3 is 9.88 Å². The molecular weight excluding hydrogens is 220 g/mol. The second kappa shape index (κ2) is 5.15. The number of hydrogen-bond acceptors (Lipinski definition) is 1. The molecule has 0 atom stereocenters. The molecule has 0 aliphatic heterocycles. The predicted octanol–water partition coefficient (Wildman–Crippen LogP) is 3.59. The Hall–Kier alpha value is -1.28. The Labute approximate surface area is 110 Å². The van der Waals surface area contributed by atoms with Crippen LogP contribution in [-0.4, -0.2) is 30.5 Å². The van der Waals surface area contributed by atoms with Gasteiger partial charge in [-0.15, -0.1) is 0 Å². The monoisotopic (exact) mass is 244 g/mol. The standard InChI is InChI=1S/C16H24N2/c1-11-9-12(2)16-14(7-6-8-18(4)5)13(3)17-15(16)10-11/h9-10,17H,6-8H2,1-5H3. The van der Waals surface area contributed by atoms with Crippen LogP contribution in [0.4, 0.5) is 0 Å². The molecular formula is C16H24N2. The van der Waals surface area contributed by atoms with Crippen molar-refractivity contribution in [1.82, 2.24) is 9.88 Å². The second-order valence-corrected chi connectivity index (χ2v) is 5.64. The summed E-state index contributed by atoms with van der Waals surface area (Å²) >= 11 is 0. The van der Waals surface area contributed by atoms with Gasteiger partial charge in [0.1, 0.15) is 0 Å². The molecule has 98 valence electrons. The smallest absolute Gasteiger partial charge is 0.0464 e. The van der Waals surface area contributed by atoms with E-state index in [2.05, 4.69) is 56.9 Å². The van der Waals surface area contributed by atoms with Gasteiger partial charge >= 0.3 is 0 Å². The van der Waals surface area contributed by atoms with E-state index in [9.17, 15) is 0 Å². The first-order chi connectivity index (χ1) is 8.49. The summed E-state index contributed by atoms with van der Waals surface area (Å²) < 4.78 is 0. The van der Waals surface area contributed by atoms with E-state index in [1.807, 2.05) is 0 Å². The lowest BCUT2D eigenvalue weighted by Crippen LogP contribution is -2.13. The van der Waals surface area contributed by atoms with E-state index in [0.29, 0.717) is 0 Å². The average Bonchev–Trinajstić information content (AvgIpc) is 2.54. The number of fused-ring (bicyclic) bond motifs is 1. The Morgan fingerprint density at radius 1 is 1.11 bits per heavy atom. The summed E-state index contributed by atoms with van der Waals surface area (Å²) in [5.41, 5.74) is 6.86. The van der Waals surface area contributed by atoms with Crippen LogP contribution >= 0.6 is 0 Å². The van der Waals surface area contributed by atoms with Crippen LogP contribution in [0.2, 0.25) is 0 Å². The first kappa shape index (κ1) is 13.2. The van der Waals surface area contributed by atoms with Crippen LogP contribution < -0.4 is 0 Å². The topological polar surface area (TPSA) is 19.0 Å². The van der Waals surface area contributed by atoms with Crippen molar-refractivity contribution in [2.45, 2.75) is 33.6 Å². The normalized spacial score (nSPS) is 11.7. The summed E-state index contributed by atoms with van der Waals surface area (Å²) in [4.78, 5) is 5.78. The first-order valence-corrected chi connectivity index (χ1v) is 6.72. The number of aryl methyl sites for hydroxylation is 4. The lowest BCUT2D eigenvalue weighted by Gasteiger charge is -2.09. The molecule has 2 aromatic rings. The summed E-state index contributed by atoms with van der Waals surface area (Å²) in [6, 6.07) is 4.54. The van der Waals surface area contributed by atoms with Crippen molar-refractivity contribution >= 4 is 10.9 Å². The highest BCUT2D eigenvalue weighted by molar-refractivity contribution is 5.88. The number of benzene rings is 1. The summed E-state index contributed by atoms with van der Waals surface area (Å²) in [6.45, 7) is 7.73. The van der Waals surface area contributed by atoms with Gasteiger partial charge in [0.15, 0.2) is 0 Å². The first-order valence-electron chi connectivity index (χ1n) is 6.72. The molecule has 2 nitrogen and oxygen atoms in total. The van der Waals surface area contributed by atoms with Crippen molar-refractivity contribution in [3.8, 4) is 0 Å². The number of rotatable bonds is 4. The van der Waals surface area contributed by atoms with Crippen LogP contribution in [0.25, 0.3) is 10.9 Å². The van der Waals surface area contributed by atoms with Crippen molar-refractivity contribution in [2.24, 2.45) is 0 Å². The minimum atomic E-state index is 1.15. The fourth-order valence-corrected chi connectivity index (χ4v) is 2.82. The lowest BCUT2D eigenvalue weighted by molar-refractivity contribution is 0.400. The Kier molecular flexibility index (Phi) is 3.76. The minimum Gasteiger partial charge on any atom is -0.358 e. The molecule has 18 heavy (non-hydrogen) atoms. The molecule has 0 unspecified atom stereocenters. The molecule has 0 aliphatic rings. The van der Waals surface area contributed by atoms with E-state index in [1.165, 1.54) is 39.7 Å². The zero-order valence-electron chi connectivity index (χ0n) is 12.2. The average molecular weight is 244 g/mol. The summed E-state index contributed by atoms with van der Waals surface area (Å²) in [5, 5.41) is 1.44. The number of aromatic amines is 1. The van der Waals surface area contributed by atoms with Crippen LogP contribution in [0.3, 0.4) is 0 Å². The minimum absolute atomic E-state index is 1.15. The molecule has 0 saturated carbocycles. The number of aromatic nitrogens is 1. The third kappa shape index (κ3) is 2.59. The Balaban J connectivity index is 2.35. The van der Waals surface area contributed by atoms with Crippen LogP contribution in [0.1, 0.15) is 28.8 Å². The summed E-state index contributed by atoms with van der Waals surface area (Å²) in [7, 11) is 4.27. The third-order valence-corrected chi connectivity index (χ3v) is 3.59. The number of nitrogens with one attached hydrogen (secondary N) is 1. The van der Waals surface area contributed by atoms with Gasteiger partial charge in [-0.3, -0.25) is 0 Å². The molecule has 0 amide bonds. The molecule has 0 aliphatic carbocycles. The van der Waals surface area contributed by atoms with Gasteiger partial charge in [0.2, 0.25) is 0 Å². The van der Waals surface area contributed by atoms with Crippen molar-refractivity contribution in [2.75, 3.05) is 20.6 Å². The van der Waals surface area contributed by atoms with Gasteiger partial charge in [-0.25, -0.2) is 0 Å². The van der Waals surface area contributed by atoms with Gasteiger partial charge in [-0.1, -0.05) is 6.07 Å². The highest BCUT2D eigenvalue weighted by Crippen LogP contribution is 2.27. The highest BCUT2D eigenvalue weighted by atomic mass is 15.0. The second-order valence-electron chi connectivity index (χ2n) is 5.64. The SMILES string of the molecule is Cc1cc(C)c2c(CCCN(C)C)c(C)[nH]c2c1. The molecule has 0 radical (unpaired) electrons. The predicted molar refractivity (Wildman–Crippen MR) is 79.4 cm³/mol. The van der Waals surface area contributed by atoms with Crippen molar-refractivity contribution < 1.29 is 0 Å². The number of H-pyrrole nitrogens is 1. The maximum absolute atomic E-state index is 3.53. The summed E-state index contributed by atoms with van der Waals surface area (Å²) in [5.74, 6) is 0. The van der Waals surface area contributed by atoms with Crippen LogP contribution in [0, 0.1) is 20.8 Å². The number of nitrogens with zero attached hydrogens (tertiary/aromatic N) is 1. The maximum atomic E-state index is 3.53. The zero-order chi connectivity index (χ0) is 13.3. The van der Waals surface area contributed by atoms with Gasteiger partial charge in [-0.05, 0) is 77.0 Å². The van der Waals surface area contributed by atoms with Crippen molar-refractivity contribution in [1.29, 1.82) is 0 Å². The molecule has 2 heteroatoms. The largest absolute Gasteiger partial charge is 0.358 e. The molecule has 2 rings (SSSR count). The molecule has 1 N–H and O–H groups in total. The molecule has 0 bridgehead atoms. The lowest BCUT2D eigenvalue weighted by atomic mass is 10.0. The Morgan fingerprint density at radius 3 is 2.50 bits per heavy atom. The molecule has 0 saturated heterocycles. The van der Waals surface area contributed by atoms with Crippen molar-refractivity contribution in [3.63, 3.8) is 0 Å². The van der Waals surface area contributed by atoms with E-state index >= 15 is 0 Å². The van der Waals surface area contributed by atoms with E-state index in [1.54, 1.807) is 0 Å². The molecule has 0 spiro atoms. The molecule has 0 fully saturated rings. The Morgan fingerprint density at radius 2 is 1.83 bits per heavy atom. The fourth-order valence-electron chi connectivity index (χ4n) is 2.82. The molecule has 1 aromatic heterocycles. The van der Waals surface area contributed by atoms with E-state index in [4.69, 9.17) is 0 Å². The van der Waals surface area contributed by atoms with Gasteiger partial charge in [0.05, 0.1) is 0 Å². The van der Waals surface area contributed by atoms with E-state index < -0.39 is 0 Å². The van der Waals surface area contributed by atoms with Gasteiger partial charge in [0.25, 0.3) is 0 Å². The van der Waals surface area contributed by atoms with Crippen LogP contribution in [0.15, 0.2) is 12.1 Å². The van der Waals surface area contributed by atoms with Crippen molar-refractivity contribution in [3.05, 3.63) is 34.5 Å². The molecule has 1 aromatic carbocycles. The van der Waals surface area contributed by atoms with Gasteiger partial charge in [-0.2, -0.15) is 0 Å². The van der Waals surface area contributed by atoms with E-state index in [0.717, 1.165) is 13.0 Å². The maximum Gasteiger partial charge on any atom is 0.0464 e.